The lowest BCUT2D eigenvalue weighted by atomic mass is 10.1. The van der Waals surface area contributed by atoms with Crippen molar-refractivity contribution in [1.29, 1.82) is 0 Å². The van der Waals surface area contributed by atoms with Gasteiger partial charge in [0.25, 0.3) is 0 Å². The Hall–Kier alpha value is -5.18. The Morgan fingerprint density at radius 2 is 1.51 bits per heavy atom. The summed E-state index contributed by atoms with van der Waals surface area (Å²) in [6, 6.07) is 25.9. The molecule has 0 unspecified atom stereocenters. The van der Waals surface area contributed by atoms with Crippen LogP contribution in [-0.4, -0.2) is 35.1 Å². The zero-order valence-electron chi connectivity index (χ0n) is 21.3. The quantitative estimate of drug-likeness (QED) is 0.193. The first-order valence-electron chi connectivity index (χ1n) is 12.6. The number of amides is 2. The molecule has 0 aliphatic rings. The summed E-state index contributed by atoms with van der Waals surface area (Å²) in [5, 5.41) is 9.42. The fourth-order valence-electron chi connectivity index (χ4n) is 4.15. The van der Waals surface area contributed by atoms with Crippen molar-refractivity contribution in [2.45, 2.75) is 13.3 Å². The number of anilines is 3. The number of carbonyl (C=O) groups excluding carboxylic acids is 2. The molecule has 9 heteroatoms. The number of benzene rings is 3. The second kappa shape index (κ2) is 11.9. The molecule has 0 saturated heterocycles. The number of nitrogens with zero attached hydrogens (tertiary/aromatic N) is 2. The predicted octanol–water partition coefficient (Wildman–Crippen LogP) is 6.37. The van der Waals surface area contributed by atoms with Crippen LogP contribution in [0.3, 0.4) is 0 Å². The zero-order chi connectivity index (χ0) is 27.0. The van der Waals surface area contributed by atoms with Gasteiger partial charge in [-0.1, -0.05) is 60.7 Å². The maximum atomic E-state index is 13.0. The average molecular weight is 522 g/mol. The highest BCUT2D eigenvalue weighted by Gasteiger charge is 2.26. The van der Waals surface area contributed by atoms with Gasteiger partial charge in [-0.05, 0) is 43.2 Å². The van der Waals surface area contributed by atoms with E-state index in [1.54, 1.807) is 6.92 Å². The fraction of sp³-hybridized carbons (Fsp3) is 0.133. The number of ether oxygens (including phenoxy) is 1. The third-order valence-electron chi connectivity index (χ3n) is 5.95. The maximum absolute atomic E-state index is 13.0. The van der Waals surface area contributed by atoms with Gasteiger partial charge in [-0.15, -0.1) is 0 Å². The molecule has 0 radical (unpaired) electrons. The Labute approximate surface area is 225 Å². The minimum Gasteiger partial charge on any atom is -0.462 e. The lowest BCUT2D eigenvalue weighted by Gasteiger charge is -2.10. The highest BCUT2D eigenvalue weighted by atomic mass is 16.5. The molecule has 196 valence electrons. The van der Waals surface area contributed by atoms with Crippen molar-refractivity contribution in [3.8, 4) is 11.3 Å². The molecule has 0 fully saturated rings. The molecule has 5 rings (SSSR count). The summed E-state index contributed by atoms with van der Waals surface area (Å²) in [6.07, 6.45) is 2.08. The SMILES string of the molecule is CCOC(=O)c1c(-c2ccccc2)oc2ncnc(NCCc3ccc(NC(=O)Nc4ccccc4)cc3)c12. The minimum absolute atomic E-state index is 0.231. The molecule has 0 aliphatic carbocycles. The Balaban J connectivity index is 1.28. The number of carbonyl (C=O) groups is 2. The fourth-order valence-corrected chi connectivity index (χ4v) is 4.15. The third-order valence-corrected chi connectivity index (χ3v) is 5.95. The minimum atomic E-state index is -0.493. The first kappa shape index (κ1) is 25.5. The van der Waals surface area contributed by atoms with Gasteiger partial charge in [0.05, 0.1) is 12.0 Å². The summed E-state index contributed by atoms with van der Waals surface area (Å²) in [7, 11) is 0. The van der Waals surface area contributed by atoms with Crippen LogP contribution in [0.4, 0.5) is 22.0 Å². The van der Waals surface area contributed by atoms with Crippen LogP contribution in [0.2, 0.25) is 0 Å². The van der Waals surface area contributed by atoms with Gasteiger partial charge in [-0.2, -0.15) is 0 Å². The summed E-state index contributed by atoms with van der Waals surface area (Å²) >= 11 is 0. The topological polar surface area (TPSA) is 118 Å². The Morgan fingerprint density at radius 1 is 0.846 bits per heavy atom. The van der Waals surface area contributed by atoms with Crippen molar-refractivity contribution in [1.82, 2.24) is 9.97 Å². The van der Waals surface area contributed by atoms with Crippen LogP contribution < -0.4 is 16.0 Å². The molecule has 5 aromatic rings. The van der Waals surface area contributed by atoms with E-state index >= 15 is 0 Å². The van der Waals surface area contributed by atoms with Gasteiger partial charge in [0, 0.05) is 23.5 Å². The monoisotopic (exact) mass is 521 g/mol. The predicted molar refractivity (Wildman–Crippen MR) is 151 cm³/mol. The van der Waals surface area contributed by atoms with E-state index in [9.17, 15) is 9.59 Å². The standard InChI is InChI=1S/C30H27N5O4/c1-2-38-29(36)24-25-27(32-19-33-28(25)39-26(24)21-9-5-3-6-10-21)31-18-17-20-13-15-23(16-14-20)35-30(37)34-22-11-7-4-8-12-22/h3-16,19H,2,17-18H2,1H3,(H,31,32,33)(H2,34,35,37). The number of nitrogens with one attached hydrogen (secondary N) is 3. The number of fused-ring (bicyclic) bond motifs is 1. The summed E-state index contributed by atoms with van der Waals surface area (Å²) in [5.74, 6) is 0.393. The lowest BCUT2D eigenvalue weighted by molar-refractivity contribution is 0.0528. The van der Waals surface area contributed by atoms with E-state index in [0.717, 1.165) is 16.8 Å². The normalized spacial score (nSPS) is 10.7. The largest absolute Gasteiger partial charge is 0.462 e. The van der Waals surface area contributed by atoms with E-state index < -0.39 is 5.97 Å². The van der Waals surface area contributed by atoms with E-state index in [4.69, 9.17) is 9.15 Å². The highest BCUT2D eigenvalue weighted by molar-refractivity contribution is 6.11. The van der Waals surface area contributed by atoms with Gasteiger partial charge in [0.1, 0.15) is 17.7 Å². The second-order valence-electron chi connectivity index (χ2n) is 8.61. The molecule has 9 nitrogen and oxygen atoms in total. The molecule has 39 heavy (non-hydrogen) atoms. The van der Waals surface area contributed by atoms with Gasteiger partial charge in [0.15, 0.2) is 5.76 Å². The van der Waals surface area contributed by atoms with Crippen molar-refractivity contribution < 1.29 is 18.7 Å². The van der Waals surface area contributed by atoms with Crippen LogP contribution in [0.15, 0.2) is 95.7 Å². The third kappa shape index (κ3) is 6.04. The number of furan rings is 1. The second-order valence-corrected chi connectivity index (χ2v) is 8.61. The van der Waals surface area contributed by atoms with Gasteiger partial charge in [-0.3, -0.25) is 0 Å². The highest BCUT2D eigenvalue weighted by Crippen LogP contribution is 2.36. The molecule has 2 heterocycles. The number of rotatable bonds is 9. The van der Waals surface area contributed by atoms with E-state index in [1.165, 1.54) is 6.33 Å². The van der Waals surface area contributed by atoms with Crippen molar-refractivity contribution in [2.24, 2.45) is 0 Å². The van der Waals surface area contributed by atoms with Crippen molar-refractivity contribution >= 4 is 40.3 Å². The molecular formula is C30H27N5O4. The Kier molecular flexibility index (Phi) is 7.78. The van der Waals surface area contributed by atoms with Crippen LogP contribution in [0.1, 0.15) is 22.8 Å². The number of esters is 1. The summed E-state index contributed by atoms with van der Waals surface area (Å²) in [6.45, 7) is 2.53. The van der Waals surface area contributed by atoms with E-state index in [0.29, 0.717) is 46.9 Å². The van der Waals surface area contributed by atoms with Gasteiger partial charge in [0.2, 0.25) is 5.71 Å². The summed E-state index contributed by atoms with van der Waals surface area (Å²) < 4.78 is 11.3. The van der Waals surface area contributed by atoms with E-state index in [1.807, 2.05) is 84.9 Å². The molecule has 0 aliphatic heterocycles. The molecule has 0 spiro atoms. The molecule has 0 saturated carbocycles. The molecule has 2 amide bonds. The average Bonchev–Trinajstić information content (AvgIpc) is 3.36. The van der Waals surface area contributed by atoms with Gasteiger partial charge >= 0.3 is 12.0 Å². The Bertz CT molecular complexity index is 1570. The van der Waals surface area contributed by atoms with Gasteiger partial charge < -0.3 is 25.1 Å². The number of hydrogen-bond donors (Lipinski definition) is 3. The number of aromatic nitrogens is 2. The molecule has 3 aromatic carbocycles. The number of urea groups is 1. The van der Waals surface area contributed by atoms with Crippen LogP contribution in [-0.2, 0) is 11.2 Å². The van der Waals surface area contributed by atoms with E-state index in [2.05, 4.69) is 25.9 Å². The van der Waals surface area contributed by atoms with Crippen LogP contribution >= 0.6 is 0 Å². The van der Waals surface area contributed by atoms with E-state index in [-0.39, 0.29) is 12.6 Å². The van der Waals surface area contributed by atoms with Crippen LogP contribution in [0.25, 0.3) is 22.4 Å². The molecular weight excluding hydrogens is 494 g/mol. The number of hydrogen-bond acceptors (Lipinski definition) is 7. The summed E-state index contributed by atoms with van der Waals surface area (Å²) in [5.41, 5.74) is 3.81. The molecule has 0 atom stereocenters. The lowest BCUT2D eigenvalue weighted by Crippen LogP contribution is -2.19. The smallest absolute Gasteiger partial charge is 0.342 e. The van der Waals surface area contributed by atoms with Crippen molar-refractivity contribution in [3.05, 3.63) is 102 Å². The Morgan fingerprint density at radius 3 is 2.21 bits per heavy atom. The number of para-hydroxylation sites is 1. The van der Waals surface area contributed by atoms with Crippen LogP contribution in [0, 0.1) is 0 Å². The first-order chi connectivity index (χ1) is 19.1. The maximum Gasteiger partial charge on any atom is 0.342 e. The molecule has 0 bridgehead atoms. The molecule has 3 N–H and O–H groups in total. The first-order valence-corrected chi connectivity index (χ1v) is 12.6. The zero-order valence-corrected chi connectivity index (χ0v) is 21.3. The van der Waals surface area contributed by atoms with Crippen molar-refractivity contribution in [3.63, 3.8) is 0 Å². The van der Waals surface area contributed by atoms with Gasteiger partial charge in [-0.25, -0.2) is 19.6 Å². The van der Waals surface area contributed by atoms with Crippen LogP contribution in [0.5, 0.6) is 0 Å². The summed E-state index contributed by atoms with van der Waals surface area (Å²) in [4.78, 5) is 33.8. The molecule has 2 aromatic heterocycles. The van der Waals surface area contributed by atoms with Crippen molar-refractivity contribution in [2.75, 3.05) is 29.1 Å².